The summed E-state index contributed by atoms with van der Waals surface area (Å²) in [5.41, 5.74) is 2.15. The molecule has 0 aliphatic carbocycles. The summed E-state index contributed by atoms with van der Waals surface area (Å²) in [4.78, 5) is 21.0. The van der Waals surface area contributed by atoms with Crippen LogP contribution < -0.4 is 15.4 Å². The quantitative estimate of drug-likeness (QED) is 0.442. The first-order valence-corrected chi connectivity index (χ1v) is 10.5. The van der Waals surface area contributed by atoms with Crippen molar-refractivity contribution in [2.75, 3.05) is 10.6 Å². The Hall–Kier alpha value is -4.28. The summed E-state index contributed by atoms with van der Waals surface area (Å²) < 4.78 is 23.8. The van der Waals surface area contributed by atoms with Crippen LogP contribution in [0.25, 0.3) is 11.3 Å². The van der Waals surface area contributed by atoms with Gasteiger partial charge in [-0.3, -0.25) is 9.36 Å². The fourth-order valence-corrected chi connectivity index (χ4v) is 3.10. The van der Waals surface area contributed by atoms with Crippen LogP contribution in [0.2, 0.25) is 0 Å². The van der Waals surface area contributed by atoms with E-state index >= 15 is 0 Å². The molecule has 0 aliphatic heterocycles. The van der Waals surface area contributed by atoms with Crippen LogP contribution >= 0.6 is 0 Å². The molecule has 2 amide bonds. The van der Waals surface area contributed by atoms with Gasteiger partial charge in [-0.2, -0.15) is 15.2 Å². The molecule has 4 rings (SSSR count). The van der Waals surface area contributed by atoms with Crippen LogP contribution in [-0.4, -0.2) is 35.6 Å². The van der Waals surface area contributed by atoms with E-state index in [2.05, 4.69) is 30.8 Å². The number of urea groups is 1. The number of halogens is 1. The molecule has 0 radical (unpaired) electrons. The lowest BCUT2D eigenvalue weighted by atomic mass is 10.1. The number of ether oxygens (including phenoxy) is 1. The minimum atomic E-state index is -0.614. The highest BCUT2D eigenvalue weighted by Crippen LogP contribution is 2.30. The van der Waals surface area contributed by atoms with Gasteiger partial charge in [0.1, 0.15) is 11.6 Å². The number of anilines is 2. The second-order valence-electron chi connectivity index (χ2n) is 8.75. The average molecular weight is 465 g/mol. The molecule has 10 nitrogen and oxygen atoms in total. The van der Waals surface area contributed by atoms with Crippen LogP contribution in [0.3, 0.4) is 0 Å². The van der Waals surface area contributed by atoms with Crippen molar-refractivity contribution in [3.05, 3.63) is 60.6 Å². The van der Waals surface area contributed by atoms with Gasteiger partial charge in [0.2, 0.25) is 0 Å². The van der Waals surface area contributed by atoms with E-state index in [1.54, 1.807) is 40.9 Å². The highest BCUT2D eigenvalue weighted by Gasteiger charge is 2.17. The highest BCUT2D eigenvalue weighted by atomic mass is 19.1. The van der Waals surface area contributed by atoms with Crippen LogP contribution in [-0.2, 0) is 12.6 Å². The number of aryl methyl sites for hydroxylation is 2. The Morgan fingerprint density at radius 2 is 1.91 bits per heavy atom. The van der Waals surface area contributed by atoms with E-state index in [0.29, 0.717) is 22.7 Å². The first-order valence-electron chi connectivity index (χ1n) is 10.5. The lowest BCUT2D eigenvalue weighted by molar-refractivity contribution is 0.262. The predicted octanol–water partition coefficient (Wildman–Crippen LogP) is 4.71. The zero-order valence-corrected chi connectivity index (χ0v) is 19.5. The standard InChI is InChI=1S/C23H25FN8O2/c1-14-8-17(24)19(29-21(33)28-16-11-27-32(13-16)23(2,3)4)9-20(14)34-22-25-7-6-18(30-22)15-10-26-31(5)12-15/h6-13H,1-5H3,(H2,28,29,33). The van der Waals surface area contributed by atoms with Gasteiger partial charge in [-0.15, -0.1) is 0 Å². The number of nitrogens with zero attached hydrogens (tertiary/aromatic N) is 6. The smallest absolute Gasteiger partial charge is 0.323 e. The maximum Gasteiger partial charge on any atom is 0.323 e. The Morgan fingerprint density at radius 3 is 2.59 bits per heavy atom. The number of carbonyl (C=O) groups excluding carboxylic acids is 1. The Labute approximate surface area is 195 Å². The lowest BCUT2D eigenvalue weighted by Crippen LogP contribution is -2.22. The molecule has 176 valence electrons. The molecule has 11 heteroatoms. The lowest BCUT2D eigenvalue weighted by Gasteiger charge is -2.18. The fraction of sp³-hybridized carbons (Fsp3) is 0.261. The third-order valence-corrected chi connectivity index (χ3v) is 4.88. The van der Waals surface area contributed by atoms with E-state index in [0.717, 1.165) is 5.56 Å². The van der Waals surface area contributed by atoms with E-state index in [-0.39, 0.29) is 17.2 Å². The van der Waals surface area contributed by atoms with Crippen molar-refractivity contribution in [3.8, 4) is 23.0 Å². The van der Waals surface area contributed by atoms with E-state index < -0.39 is 11.8 Å². The molecule has 0 spiro atoms. The summed E-state index contributed by atoms with van der Waals surface area (Å²) in [5.74, 6) is -0.295. The highest BCUT2D eigenvalue weighted by molar-refractivity contribution is 5.99. The zero-order valence-electron chi connectivity index (χ0n) is 19.5. The van der Waals surface area contributed by atoms with Gasteiger partial charge in [-0.05, 0) is 45.4 Å². The second-order valence-corrected chi connectivity index (χ2v) is 8.75. The molecule has 4 aromatic rings. The monoisotopic (exact) mass is 464 g/mol. The van der Waals surface area contributed by atoms with E-state index in [1.807, 2.05) is 34.0 Å². The van der Waals surface area contributed by atoms with Crippen molar-refractivity contribution in [2.24, 2.45) is 7.05 Å². The summed E-state index contributed by atoms with van der Waals surface area (Å²) >= 11 is 0. The Bertz CT molecular complexity index is 1340. The van der Waals surface area contributed by atoms with Gasteiger partial charge in [-0.25, -0.2) is 14.2 Å². The molecule has 3 aromatic heterocycles. The molecular weight excluding hydrogens is 439 g/mol. The molecule has 0 saturated carbocycles. The van der Waals surface area contributed by atoms with Gasteiger partial charge in [-0.1, -0.05) is 0 Å². The molecule has 3 heterocycles. The molecule has 0 saturated heterocycles. The van der Waals surface area contributed by atoms with Crippen molar-refractivity contribution in [1.29, 1.82) is 0 Å². The molecule has 0 aliphatic rings. The molecule has 0 fully saturated rings. The summed E-state index contributed by atoms with van der Waals surface area (Å²) in [6.45, 7) is 7.66. The minimum absolute atomic E-state index is 0.0512. The Balaban J connectivity index is 1.50. The van der Waals surface area contributed by atoms with Crippen molar-refractivity contribution in [1.82, 2.24) is 29.5 Å². The van der Waals surface area contributed by atoms with Gasteiger partial charge in [0, 0.05) is 37.3 Å². The van der Waals surface area contributed by atoms with Gasteiger partial charge < -0.3 is 15.4 Å². The minimum Gasteiger partial charge on any atom is -0.424 e. The number of hydrogen-bond donors (Lipinski definition) is 2. The van der Waals surface area contributed by atoms with Gasteiger partial charge in [0.25, 0.3) is 0 Å². The molecule has 2 N–H and O–H groups in total. The fourth-order valence-electron chi connectivity index (χ4n) is 3.10. The maximum absolute atomic E-state index is 14.6. The Morgan fingerprint density at radius 1 is 1.12 bits per heavy atom. The topological polar surface area (TPSA) is 112 Å². The third-order valence-electron chi connectivity index (χ3n) is 4.88. The van der Waals surface area contributed by atoms with Crippen LogP contribution in [0.5, 0.6) is 11.8 Å². The third kappa shape index (κ3) is 5.20. The molecular formula is C23H25FN8O2. The van der Waals surface area contributed by atoms with Crippen LogP contribution in [0.4, 0.5) is 20.6 Å². The SMILES string of the molecule is Cc1cc(F)c(NC(=O)Nc2cnn(C(C)(C)C)c2)cc1Oc1nccc(-c2cnn(C)c2)n1. The molecule has 34 heavy (non-hydrogen) atoms. The largest absolute Gasteiger partial charge is 0.424 e. The predicted molar refractivity (Wildman–Crippen MR) is 125 cm³/mol. The van der Waals surface area contributed by atoms with Crippen LogP contribution in [0.15, 0.2) is 49.2 Å². The maximum atomic E-state index is 14.6. The number of carbonyl (C=O) groups is 1. The van der Waals surface area contributed by atoms with Gasteiger partial charge >= 0.3 is 12.0 Å². The van der Waals surface area contributed by atoms with Crippen molar-refractivity contribution >= 4 is 17.4 Å². The number of nitrogens with one attached hydrogen (secondary N) is 2. The number of amides is 2. The number of benzene rings is 1. The first-order chi connectivity index (χ1) is 16.1. The molecule has 0 bridgehead atoms. The van der Waals surface area contributed by atoms with Crippen molar-refractivity contribution in [3.63, 3.8) is 0 Å². The summed E-state index contributed by atoms with van der Waals surface area (Å²) in [7, 11) is 1.81. The van der Waals surface area contributed by atoms with Crippen molar-refractivity contribution in [2.45, 2.75) is 33.2 Å². The zero-order chi connectivity index (χ0) is 24.5. The van der Waals surface area contributed by atoms with E-state index in [9.17, 15) is 9.18 Å². The van der Waals surface area contributed by atoms with Crippen LogP contribution in [0.1, 0.15) is 26.3 Å². The molecule has 1 aromatic carbocycles. The average Bonchev–Trinajstić information content (AvgIpc) is 3.41. The normalized spacial score (nSPS) is 11.4. The first kappa shape index (κ1) is 22.9. The van der Waals surface area contributed by atoms with E-state index in [4.69, 9.17) is 4.74 Å². The second kappa shape index (κ2) is 8.93. The van der Waals surface area contributed by atoms with Gasteiger partial charge in [0.05, 0.1) is 35.0 Å². The van der Waals surface area contributed by atoms with Gasteiger partial charge in [0.15, 0.2) is 0 Å². The summed E-state index contributed by atoms with van der Waals surface area (Å²) in [6.07, 6.45) is 8.29. The number of rotatable bonds is 5. The summed E-state index contributed by atoms with van der Waals surface area (Å²) in [5, 5.41) is 13.5. The number of hydrogen-bond acceptors (Lipinski definition) is 6. The van der Waals surface area contributed by atoms with Crippen molar-refractivity contribution < 1.29 is 13.9 Å². The van der Waals surface area contributed by atoms with E-state index in [1.165, 1.54) is 18.3 Å². The van der Waals surface area contributed by atoms with Crippen LogP contribution in [0, 0.1) is 12.7 Å². The molecule has 0 unspecified atom stereocenters. The molecule has 0 atom stereocenters. The number of aromatic nitrogens is 6. The Kier molecular flexibility index (Phi) is 6.01. The summed E-state index contributed by atoms with van der Waals surface area (Å²) in [6, 6.07) is 3.87.